The van der Waals surface area contributed by atoms with E-state index in [4.69, 9.17) is 5.73 Å². The van der Waals surface area contributed by atoms with Crippen molar-refractivity contribution >= 4 is 29.0 Å². The number of aliphatic imine (C=N–C) groups is 1. The van der Waals surface area contributed by atoms with Gasteiger partial charge in [-0.25, -0.2) is 18.8 Å². The molecule has 1 amide bonds. The normalized spacial score (nSPS) is 17.5. The number of fused-ring (bicyclic) bond motifs is 3. The molecule has 6 nitrogen and oxygen atoms in total. The van der Waals surface area contributed by atoms with Crippen LogP contribution in [0.3, 0.4) is 0 Å². The lowest BCUT2D eigenvalue weighted by Gasteiger charge is -2.36. The second kappa shape index (κ2) is 8.32. The number of nitrogens with zero attached hydrogens (tertiary/aromatic N) is 4. The molecule has 31 heavy (non-hydrogen) atoms. The third-order valence-electron chi connectivity index (χ3n) is 4.59. The monoisotopic (exact) mass is 439 g/mol. The number of allylic oxidation sites excluding steroid dienone is 3. The predicted octanol–water partition coefficient (Wildman–Crippen LogP) is 4.10. The third-order valence-corrected chi connectivity index (χ3v) is 4.59. The molecule has 2 aliphatic heterocycles. The number of amides is 1. The van der Waals surface area contributed by atoms with Crippen LogP contribution in [0.15, 0.2) is 64.0 Å². The van der Waals surface area contributed by atoms with E-state index in [1.807, 2.05) is 0 Å². The van der Waals surface area contributed by atoms with Crippen LogP contribution in [0.4, 0.5) is 33.3 Å². The number of nitrogens with two attached hydrogens (primary N) is 1. The van der Waals surface area contributed by atoms with Crippen LogP contribution in [0.2, 0.25) is 0 Å². The SMILES string of the molecule is C=CCC=C(/C(CN1N=C2C(N)=Nc3ccc(F)cc3N2CC1=O)=C(\C)F)C(F)(F)F. The first-order valence-electron chi connectivity index (χ1n) is 9.07. The van der Waals surface area contributed by atoms with Gasteiger partial charge in [-0.2, -0.15) is 13.2 Å². The summed E-state index contributed by atoms with van der Waals surface area (Å²) in [6.07, 6.45) is -2.99. The minimum absolute atomic E-state index is 0.0443. The number of hydrogen-bond donors (Lipinski definition) is 1. The maximum absolute atomic E-state index is 14.1. The minimum Gasteiger partial charge on any atom is -0.381 e. The first kappa shape index (κ1) is 22.2. The van der Waals surface area contributed by atoms with Gasteiger partial charge in [0.05, 0.1) is 23.5 Å². The van der Waals surface area contributed by atoms with Gasteiger partial charge in [0.15, 0.2) is 11.7 Å². The highest BCUT2D eigenvalue weighted by molar-refractivity contribution is 6.47. The zero-order chi connectivity index (χ0) is 22.9. The Labute approximate surface area is 174 Å². The van der Waals surface area contributed by atoms with Crippen LogP contribution in [-0.2, 0) is 4.79 Å². The van der Waals surface area contributed by atoms with Gasteiger partial charge in [0.1, 0.15) is 18.2 Å². The Morgan fingerprint density at radius 1 is 1.35 bits per heavy atom. The molecule has 2 heterocycles. The van der Waals surface area contributed by atoms with Crippen LogP contribution in [0, 0.1) is 5.82 Å². The van der Waals surface area contributed by atoms with E-state index in [2.05, 4.69) is 16.7 Å². The van der Waals surface area contributed by atoms with Crippen molar-refractivity contribution in [3.8, 4) is 0 Å². The van der Waals surface area contributed by atoms with Gasteiger partial charge < -0.3 is 10.6 Å². The molecule has 2 aliphatic rings. The van der Waals surface area contributed by atoms with Crippen LogP contribution < -0.4 is 10.6 Å². The van der Waals surface area contributed by atoms with Crippen LogP contribution >= 0.6 is 0 Å². The van der Waals surface area contributed by atoms with E-state index in [0.717, 1.165) is 19.1 Å². The molecule has 0 aliphatic carbocycles. The van der Waals surface area contributed by atoms with Crippen molar-refractivity contribution in [2.45, 2.75) is 19.5 Å². The highest BCUT2D eigenvalue weighted by Gasteiger charge is 2.39. The van der Waals surface area contributed by atoms with E-state index in [9.17, 15) is 26.7 Å². The zero-order valence-electron chi connectivity index (χ0n) is 16.4. The summed E-state index contributed by atoms with van der Waals surface area (Å²) < 4.78 is 68.4. The molecule has 0 aromatic heterocycles. The van der Waals surface area contributed by atoms with Gasteiger partial charge >= 0.3 is 6.18 Å². The van der Waals surface area contributed by atoms with E-state index in [0.29, 0.717) is 10.7 Å². The quantitative estimate of drug-likeness (QED) is 0.427. The zero-order valence-corrected chi connectivity index (χ0v) is 16.4. The number of halogens is 5. The molecule has 0 fully saturated rings. The van der Waals surface area contributed by atoms with Crippen LogP contribution in [0.25, 0.3) is 0 Å². The smallest absolute Gasteiger partial charge is 0.381 e. The number of alkyl halides is 3. The first-order chi connectivity index (χ1) is 14.5. The summed E-state index contributed by atoms with van der Waals surface area (Å²) in [5, 5.41) is 4.69. The molecule has 11 heteroatoms. The van der Waals surface area contributed by atoms with E-state index in [1.54, 1.807) is 0 Å². The van der Waals surface area contributed by atoms with Crippen molar-refractivity contribution < 1.29 is 26.7 Å². The van der Waals surface area contributed by atoms with E-state index in [-0.39, 0.29) is 30.3 Å². The molecule has 0 unspecified atom stereocenters. The fraction of sp³-hybridized carbons (Fsp3) is 0.250. The standard InChI is InChI=1S/C20H18F5N5O/c1-3-4-5-14(20(23,24)25)13(11(2)21)9-30-17(31)10-29-16-8-12(22)6-7-15(16)27-18(26)19(29)28-30/h3,5-8H,1,4,9-10H2,2H3,(H2,26,27)/b13-11+,14-5?. The maximum Gasteiger partial charge on any atom is 0.416 e. The minimum atomic E-state index is -4.86. The van der Waals surface area contributed by atoms with Crippen molar-refractivity contribution in [2.24, 2.45) is 15.8 Å². The number of hydrogen-bond acceptors (Lipinski definition) is 5. The van der Waals surface area contributed by atoms with Gasteiger partial charge in [-0.05, 0) is 31.5 Å². The average molecular weight is 439 g/mol. The molecule has 0 saturated carbocycles. The molecular weight excluding hydrogens is 421 g/mol. The Bertz CT molecular complexity index is 1050. The topological polar surface area (TPSA) is 74.3 Å². The van der Waals surface area contributed by atoms with Gasteiger partial charge in [-0.3, -0.25) is 4.79 Å². The maximum atomic E-state index is 14.1. The first-order valence-corrected chi connectivity index (χ1v) is 9.07. The highest BCUT2D eigenvalue weighted by atomic mass is 19.4. The third kappa shape index (κ3) is 4.49. The lowest BCUT2D eigenvalue weighted by atomic mass is 10.0. The molecule has 0 atom stereocenters. The molecule has 0 spiro atoms. The summed E-state index contributed by atoms with van der Waals surface area (Å²) in [5.41, 5.74) is 4.48. The fourth-order valence-electron chi connectivity index (χ4n) is 3.16. The summed E-state index contributed by atoms with van der Waals surface area (Å²) in [6, 6.07) is 3.68. The lowest BCUT2D eigenvalue weighted by molar-refractivity contribution is -0.130. The van der Waals surface area contributed by atoms with Crippen LogP contribution in [-0.4, -0.2) is 41.9 Å². The summed E-state index contributed by atoms with van der Waals surface area (Å²) >= 11 is 0. The highest BCUT2D eigenvalue weighted by Crippen LogP contribution is 2.36. The Morgan fingerprint density at radius 2 is 2.06 bits per heavy atom. The number of carbonyl (C=O) groups excluding carboxylic acids is 1. The molecular formula is C20H18F5N5O. The second-order valence-electron chi connectivity index (χ2n) is 6.74. The van der Waals surface area contributed by atoms with Crippen molar-refractivity contribution in [1.82, 2.24) is 5.01 Å². The van der Waals surface area contributed by atoms with Crippen molar-refractivity contribution in [2.75, 3.05) is 18.0 Å². The van der Waals surface area contributed by atoms with Gasteiger partial charge in [0, 0.05) is 5.57 Å². The van der Waals surface area contributed by atoms with Crippen molar-refractivity contribution in [1.29, 1.82) is 0 Å². The summed E-state index contributed by atoms with van der Waals surface area (Å²) in [5.74, 6) is -2.57. The van der Waals surface area contributed by atoms with E-state index < -0.39 is 41.4 Å². The number of anilines is 1. The van der Waals surface area contributed by atoms with Crippen molar-refractivity contribution in [3.05, 3.63) is 59.7 Å². The predicted molar refractivity (Wildman–Crippen MR) is 107 cm³/mol. The van der Waals surface area contributed by atoms with Crippen LogP contribution in [0.5, 0.6) is 0 Å². The molecule has 1 aromatic rings. The molecule has 2 N–H and O–H groups in total. The molecule has 0 radical (unpaired) electrons. The van der Waals surface area contributed by atoms with Gasteiger partial charge in [0.25, 0.3) is 5.91 Å². The van der Waals surface area contributed by atoms with E-state index >= 15 is 0 Å². The fourth-order valence-corrected chi connectivity index (χ4v) is 3.16. The molecule has 3 rings (SSSR count). The van der Waals surface area contributed by atoms with E-state index in [1.165, 1.54) is 23.1 Å². The van der Waals surface area contributed by atoms with Gasteiger partial charge in [-0.15, -0.1) is 11.7 Å². The Balaban J connectivity index is 2.00. The molecule has 0 saturated heterocycles. The molecule has 0 bridgehead atoms. The number of amidine groups is 2. The Morgan fingerprint density at radius 3 is 2.68 bits per heavy atom. The number of hydrazone groups is 1. The van der Waals surface area contributed by atoms with Gasteiger partial charge in [-0.1, -0.05) is 12.2 Å². The number of carbonyl (C=O) groups is 1. The number of rotatable bonds is 5. The second-order valence-corrected chi connectivity index (χ2v) is 6.74. The summed E-state index contributed by atoms with van der Waals surface area (Å²) in [4.78, 5) is 18.0. The van der Waals surface area contributed by atoms with Crippen LogP contribution in [0.1, 0.15) is 13.3 Å². The Kier molecular flexibility index (Phi) is 5.96. The average Bonchev–Trinajstić information content (AvgIpc) is 2.67. The molecule has 1 aromatic carbocycles. The number of benzene rings is 1. The summed E-state index contributed by atoms with van der Waals surface area (Å²) in [7, 11) is 0. The summed E-state index contributed by atoms with van der Waals surface area (Å²) in [6.45, 7) is 3.06. The van der Waals surface area contributed by atoms with Gasteiger partial charge in [0.2, 0.25) is 0 Å². The Hall–Kier alpha value is -3.50. The lowest BCUT2D eigenvalue weighted by Crippen LogP contribution is -2.53. The molecule has 164 valence electrons. The largest absolute Gasteiger partial charge is 0.416 e. The van der Waals surface area contributed by atoms with Crippen molar-refractivity contribution in [3.63, 3.8) is 0 Å².